The molecule has 24 heavy (non-hydrogen) atoms. The monoisotopic (exact) mass is 334 g/mol. The maximum absolute atomic E-state index is 12.1. The molecule has 0 saturated carbocycles. The third-order valence-electron chi connectivity index (χ3n) is 4.68. The molecule has 1 aromatic carbocycles. The van der Waals surface area contributed by atoms with E-state index in [9.17, 15) is 4.79 Å². The molecule has 5 heteroatoms. The minimum Gasteiger partial charge on any atom is -0.497 e. The lowest BCUT2D eigenvalue weighted by molar-refractivity contribution is -0.126. The van der Waals surface area contributed by atoms with Crippen LogP contribution in [0.3, 0.4) is 0 Å². The second-order valence-electron chi connectivity index (χ2n) is 6.37. The fraction of sp³-hybridized carbons (Fsp3) is 0.632. The van der Waals surface area contributed by atoms with Crippen LogP contribution in [0.25, 0.3) is 0 Å². The molecule has 2 rings (SSSR count). The first-order valence-electron chi connectivity index (χ1n) is 8.88. The zero-order valence-corrected chi connectivity index (χ0v) is 15.1. The molecule has 1 N–H and O–H groups in total. The zero-order valence-electron chi connectivity index (χ0n) is 15.1. The van der Waals surface area contributed by atoms with E-state index in [-0.39, 0.29) is 11.8 Å². The van der Waals surface area contributed by atoms with Crippen LogP contribution in [-0.4, -0.2) is 44.7 Å². The molecule has 134 valence electrons. The number of nitrogens with zero attached hydrogens (tertiary/aromatic N) is 1. The summed E-state index contributed by atoms with van der Waals surface area (Å²) in [5, 5.41) is 3.06. The molecule has 0 radical (unpaired) electrons. The van der Waals surface area contributed by atoms with Crippen LogP contribution in [0.4, 0.5) is 0 Å². The topological polar surface area (TPSA) is 50.8 Å². The number of hydrogen-bond donors (Lipinski definition) is 1. The van der Waals surface area contributed by atoms with Gasteiger partial charge >= 0.3 is 0 Å². The quantitative estimate of drug-likeness (QED) is 0.743. The van der Waals surface area contributed by atoms with Gasteiger partial charge in [-0.1, -0.05) is 19.4 Å². The van der Waals surface area contributed by atoms with Crippen molar-refractivity contribution in [2.75, 3.05) is 33.9 Å². The number of methoxy groups -OCH3 is 2. The number of hydrogen-bond acceptors (Lipinski definition) is 4. The van der Waals surface area contributed by atoms with E-state index in [1.807, 2.05) is 12.1 Å². The predicted molar refractivity (Wildman–Crippen MR) is 95.5 cm³/mol. The molecule has 0 aromatic heterocycles. The van der Waals surface area contributed by atoms with Crippen molar-refractivity contribution in [1.82, 2.24) is 10.2 Å². The minimum atomic E-state index is 0.163. The fourth-order valence-electron chi connectivity index (χ4n) is 3.11. The van der Waals surface area contributed by atoms with Crippen molar-refractivity contribution in [3.63, 3.8) is 0 Å². The zero-order chi connectivity index (χ0) is 17.4. The smallest absolute Gasteiger partial charge is 0.223 e. The average molecular weight is 334 g/mol. The lowest BCUT2D eigenvalue weighted by Crippen LogP contribution is -2.40. The summed E-state index contributed by atoms with van der Waals surface area (Å²) < 4.78 is 10.7. The third kappa shape index (κ3) is 5.13. The first-order valence-corrected chi connectivity index (χ1v) is 8.88. The van der Waals surface area contributed by atoms with Crippen LogP contribution in [0.1, 0.15) is 38.2 Å². The van der Waals surface area contributed by atoms with Crippen molar-refractivity contribution in [1.29, 1.82) is 0 Å². The first-order chi connectivity index (χ1) is 11.7. The van der Waals surface area contributed by atoms with Crippen LogP contribution in [-0.2, 0) is 11.3 Å². The Morgan fingerprint density at radius 2 is 2.00 bits per heavy atom. The summed E-state index contributed by atoms with van der Waals surface area (Å²) in [6.45, 7) is 5.68. The lowest BCUT2D eigenvalue weighted by Gasteiger charge is -2.31. The number of piperidine rings is 1. The van der Waals surface area contributed by atoms with Gasteiger partial charge in [0, 0.05) is 30.6 Å². The van der Waals surface area contributed by atoms with Crippen LogP contribution in [0, 0.1) is 5.92 Å². The van der Waals surface area contributed by atoms with Gasteiger partial charge in [0.15, 0.2) is 0 Å². The van der Waals surface area contributed by atoms with E-state index in [0.29, 0.717) is 0 Å². The Morgan fingerprint density at radius 1 is 1.25 bits per heavy atom. The first kappa shape index (κ1) is 18.6. The van der Waals surface area contributed by atoms with E-state index >= 15 is 0 Å². The standard InChI is InChI=1S/C19H30N2O3/c1-4-5-10-20-19(22)15-8-11-21(12-9-15)14-16-6-7-17(23-2)13-18(16)24-3/h6-7,13,15H,4-5,8-12,14H2,1-3H3,(H,20,22). The summed E-state index contributed by atoms with van der Waals surface area (Å²) in [4.78, 5) is 14.5. The second-order valence-corrected chi connectivity index (χ2v) is 6.37. The fourth-order valence-corrected chi connectivity index (χ4v) is 3.11. The number of ether oxygens (including phenoxy) is 2. The maximum atomic E-state index is 12.1. The van der Waals surface area contributed by atoms with Crippen LogP contribution in [0.5, 0.6) is 11.5 Å². The van der Waals surface area contributed by atoms with Gasteiger partial charge in [0.1, 0.15) is 11.5 Å². The lowest BCUT2D eigenvalue weighted by atomic mass is 9.95. The Labute approximate surface area is 145 Å². The highest BCUT2D eigenvalue weighted by molar-refractivity contribution is 5.78. The van der Waals surface area contributed by atoms with Crippen LogP contribution in [0.15, 0.2) is 18.2 Å². The number of amides is 1. The van der Waals surface area contributed by atoms with Gasteiger partial charge in [-0.25, -0.2) is 0 Å². The average Bonchev–Trinajstić information content (AvgIpc) is 2.62. The van der Waals surface area contributed by atoms with Gasteiger partial charge in [-0.15, -0.1) is 0 Å². The van der Waals surface area contributed by atoms with E-state index in [4.69, 9.17) is 9.47 Å². The van der Waals surface area contributed by atoms with Crippen molar-refractivity contribution in [2.24, 2.45) is 5.92 Å². The van der Waals surface area contributed by atoms with Crippen molar-refractivity contribution in [2.45, 2.75) is 39.2 Å². The number of nitrogens with one attached hydrogen (secondary N) is 1. The maximum Gasteiger partial charge on any atom is 0.223 e. The summed E-state index contributed by atoms with van der Waals surface area (Å²) in [6.07, 6.45) is 4.02. The Morgan fingerprint density at radius 3 is 2.62 bits per heavy atom. The molecule has 0 atom stereocenters. The van der Waals surface area contributed by atoms with Crippen LogP contribution < -0.4 is 14.8 Å². The summed E-state index contributed by atoms with van der Waals surface area (Å²) in [6, 6.07) is 5.94. The summed E-state index contributed by atoms with van der Waals surface area (Å²) >= 11 is 0. The third-order valence-corrected chi connectivity index (χ3v) is 4.68. The number of rotatable bonds is 8. The minimum absolute atomic E-state index is 0.163. The number of unbranched alkanes of at least 4 members (excludes halogenated alkanes) is 1. The highest BCUT2D eigenvalue weighted by Crippen LogP contribution is 2.27. The normalized spacial score (nSPS) is 16.0. The van der Waals surface area contributed by atoms with Crippen LogP contribution >= 0.6 is 0 Å². The Hall–Kier alpha value is -1.75. The van der Waals surface area contributed by atoms with Gasteiger partial charge in [0.2, 0.25) is 5.91 Å². The van der Waals surface area contributed by atoms with E-state index in [0.717, 1.165) is 68.9 Å². The summed E-state index contributed by atoms with van der Waals surface area (Å²) in [5.41, 5.74) is 1.16. The predicted octanol–water partition coefficient (Wildman–Crippen LogP) is 2.83. The van der Waals surface area contributed by atoms with Crippen LogP contribution in [0.2, 0.25) is 0 Å². The highest BCUT2D eigenvalue weighted by atomic mass is 16.5. The van der Waals surface area contributed by atoms with Gasteiger partial charge in [0.25, 0.3) is 0 Å². The number of likely N-dealkylation sites (tertiary alicyclic amines) is 1. The largest absolute Gasteiger partial charge is 0.497 e. The molecule has 1 saturated heterocycles. The molecular formula is C19H30N2O3. The van der Waals surface area contributed by atoms with Gasteiger partial charge in [0.05, 0.1) is 14.2 Å². The molecule has 1 aromatic rings. The summed E-state index contributed by atoms with van der Waals surface area (Å²) in [5.74, 6) is 2.05. The molecule has 1 fully saturated rings. The van der Waals surface area contributed by atoms with Gasteiger partial charge in [-0.3, -0.25) is 9.69 Å². The van der Waals surface area contributed by atoms with E-state index < -0.39 is 0 Å². The molecule has 1 amide bonds. The molecule has 5 nitrogen and oxygen atoms in total. The van der Waals surface area contributed by atoms with Gasteiger partial charge in [-0.2, -0.15) is 0 Å². The van der Waals surface area contributed by atoms with Crippen molar-refractivity contribution in [3.8, 4) is 11.5 Å². The van der Waals surface area contributed by atoms with Gasteiger partial charge in [-0.05, 0) is 38.4 Å². The molecule has 0 spiro atoms. The Balaban J connectivity index is 1.84. The summed E-state index contributed by atoms with van der Waals surface area (Å²) in [7, 11) is 3.34. The molecule has 0 unspecified atom stereocenters. The molecule has 0 aliphatic carbocycles. The van der Waals surface area contributed by atoms with E-state index in [1.54, 1.807) is 14.2 Å². The highest BCUT2D eigenvalue weighted by Gasteiger charge is 2.25. The number of benzene rings is 1. The van der Waals surface area contributed by atoms with Crippen molar-refractivity contribution >= 4 is 5.91 Å². The number of carbonyl (C=O) groups is 1. The van der Waals surface area contributed by atoms with Crippen molar-refractivity contribution in [3.05, 3.63) is 23.8 Å². The Kier molecular flexibility index (Phi) is 7.37. The second kappa shape index (κ2) is 9.52. The molecule has 1 aliphatic heterocycles. The molecule has 1 heterocycles. The molecular weight excluding hydrogens is 304 g/mol. The van der Waals surface area contributed by atoms with E-state index in [1.165, 1.54) is 0 Å². The molecule has 0 bridgehead atoms. The van der Waals surface area contributed by atoms with Gasteiger partial charge < -0.3 is 14.8 Å². The SMILES string of the molecule is CCCCNC(=O)C1CCN(Cc2ccc(OC)cc2OC)CC1. The Bertz CT molecular complexity index is 525. The van der Waals surface area contributed by atoms with Crippen molar-refractivity contribution < 1.29 is 14.3 Å². The van der Waals surface area contributed by atoms with E-state index in [2.05, 4.69) is 23.2 Å². The molecule has 1 aliphatic rings. The number of carbonyl (C=O) groups excluding carboxylic acids is 1.